The molecule has 0 aliphatic rings. The summed E-state index contributed by atoms with van der Waals surface area (Å²) in [6, 6.07) is 6.19. The highest BCUT2D eigenvalue weighted by Gasteiger charge is 2.14. The summed E-state index contributed by atoms with van der Waals surface area (Å²) in [5, 5.41) is 0. The van der Waals surface area contributed by atoms with Crippen molar-refractivity contribution < 1.29 is 4.39 Å². The highest BCUT2D eigenvalue weighted by atomic mass is 19.1. The fourth-order valence-electron chi connectivity index (χ4n) is 1.46. The molecule has 0 aliphatic carbocycles. The highest BCUT2D eigenvalue weighted by molar-refractivity contribution is 5.54. The number of hydrogen-bond donors (Lipinski definition) is 0. The van der Waals surface area contributed by atoms with Gasteiger partial charge in [-0.2, -0.15) is 0 Å². The lowest BCUT2D eigenvalue weighted by Gasteiger charge is -2.17. The van der Waals surface area contributed by atoms with E-state index in [9.17, 15) is 4.39 Å². The van der Waals surface area contributed by atoms with Gasteiger partial charge in [0.15, 0.2) is 5.82 Å². The number of benzene rings is 1. The maximum Gasteiger partial charge on any atom is 0.159 e. The van der Waals surface area contributed by atoms with Gasteiger partial charge in [-0.3, -0.25) is 0 Å². The Kier molecular flexibility index (Phi) is 2.92. The maximum absolute atomic E-state index is 12.8. The predicted molar refractivity (Wildman–Crippen MR) is 66.1 cm³/mol. The van der Waals surface area contributed by atoms with Crippen molar-refractivity contribution in [3.05, 3.63) is 48.0 Å². The molecule has 0 unspecified atom stereocenters. The molecule has 1 aromatic carbocycles. The summed E-state index contributed by atoms with van der Waals surface area (Å²) in [6.45, 7) is 6.34. The van der Waals surface area contributed by atoms with Gasteiger partial charge in [-0.05, 0) is 35.2 Å². The Labute approximate surface area is 101 Å². The van der Waals surface area contributed by atoms with Gasteiger partial charge in [0, 0.05) is 18.0 Å². The SMILES string of the molecule is CC(C)(C)c1cnc(-c2ccc(F)cc2)nc1. The van der Waals surface area contributed by atoms with Crippen molar-refractivity contribution in [2.45, 2.75) is 26.2 Å². The van der Waals surface area contributed by atoms with Crippen molar-refractivity contribution in [1.82, 2.24) is 9.97 Å². The van der Waals surface area contributed by atoms with E-state index in [1.54, 1.807) is 12.1 Å². The lowest BCUT2D eigenvalue weighted by atomic mass is 9.89. The normalized spacial score (nSPS) is 11.5. The largest absolute Gasteiger partial charge is 0.236 e. The van der Waals surface area contributed by atoms with Crippen LogP contribution in [0.25, 0.3) is 11.4 Å². The average Bonchev–Trinajstić information content (AvgIpc) is 2.29. The van der Waals surface area contributed by atoms with Crippen LogP contribution in [0.3, 0.4) is 0 Å². The van der Waals surface area contributed by atoms with Gasteiger partial charge in [0.2, 0.25) is 0 Å². The minimum absolute atomic E-state index is 0.0430. The molecule has 0 bridgehead atoms. The van der Waals surface area contributed by atoms with Crippen molar-refractivity contribution in [2.75, 3.05) is 0 Å². The molecule has 0 atom stereocenters. The lowest BCUT2D eigenvalue weighted by Crippen LogP contribution is -2.12. The summed E-state index contributed by atoms with van der Waals surface area (Å²) >= 11 is 0. The number of hydrogen-bond acceptors (Lipinski definition) is 2. The third-order valence-corrected chi connectivity index (χ3v) is 2.62. The first-order chi connectivity index (χ1) is 7.97. The van der Waals surface area contributed by atoms with Crippen LogP contribution in [0.15, 0.2) is 36.7 Å². The number of rotatable bonds is 1. The molecule has 0 amide bonds. The zero-order valence-corrected chi connectivity index (χ0v) is 10.2. The third kappa shape index (κ3) is 2.67. The van der Waals surface area contributed by atoms with Gasteiger partial charge in [-0.25, -0.2) is 14.4 Å². The Morgan fingerprint density at radius 3 is 1.94 bits per heavy atom. The van der Waals surface area contributed by atoms with Crippen LogP contribution in [-0.2, 0) is 5.41 Å². The van der Waals surface area contributed by atoms with Crippen molar-refractivity contribution in [3.63, 3.8) is 0 Å². The summed E-state index contributed by atoms with van der Waals surface area (Å²) in [5.41, 5.74) is 1.96. The standard InChI is InChI=1S/C14H15FN2/c1-14(2,3)11-8-16-13(17-9-11)10-4-6-12(15)7-5-10/h4-9H,1-3H3. The van der Waals surface area contributed by atoms with E-state index in [1.807, 2.05) is 12.4 Å². The highest BCUT2D eigenvalue weighted by Crippen LogP contribution is 2.22. The van der Waals surface area contributed by atoms with Crippen molar-refractivity contribution in [2.24, 2.45) is 0 Å². The molecular formula is C14H15FN2. The fraction of sp³-hybridized carbons (Fsp3) is 0.286. The molecule has 88 valence electrons. The first-order valence-corrected chi connectivity index (χ1v) is 5.55. The van der Waals surface area contributed by atoms with Gasteiger partial charge in [-0.1, -0.05) is 20.8 Å². The number of nitrogens with zero attached hydrogens (tertiary/aromatic N) is 2. The van der Waals surface area contributed by atoms with E-state index in [2.05, 4.69) is 30.7 Å². The Morgan fingerprint density at radius 1 is 0.941 bits per heavy atom. The maximum atomic E-state index is 12.8. The van der Waals surface area contributed by atoms with Crippen LogP contribution >= 0.6 is 0 Å². The van der Waals surface area contributed by atoms with Gasteiger partial charge < -0.3 is 0 Å². The molecule has 0 fully saturated rings. The zero-order valence-electron chi connectivity index (χ0n) is 10.2. The van der Waals surface area contributed by atoms with E-state index in [-0.39, 0.29) is 11.2 Å². The molecular weight excluding hydrogens is 215 g/mol. The molecule has 0 aliphatic heterocycles. The zero-order chi connectivity index (χ0) is 12.5. The predicted octanol–water partition coefficient (Wildman–Crippen LogP) is 3.58. The van der Waals surface area contributed by atoms with Gasteiger partial charge in [0.05, 0.1) is 0 Å². The number of halogens is 1. The monoisotopic (exact) mass is 230 g/mol. The van der Waals surface area contributed by atoms with Gasteiger partial charge >= 0.3 is 0 Å². The van der Waals surface area contributed by atoms with Crippen LogP contribution in [0.2, 0.25) is 0 Å². The van der Waals surface area contributed by atoms with E-state index in [0.717, 1.165) is 11.1 Å². The number of aromatic nitrogens is 2. The summed E-state index contributed by atoms with van der Waals surface area (Å²) in [5.74, 6) is 0.373. The molecule has 0 saturated carbocycles. The second-order valence-electron chi connectivity index (χ2n) is 5.05. The molecule has 0 saturated heterocycles. The van der Waals surface area contributed by atoms with Crippen LogP contribution in [-0.4, -0.2) is 9.97 Å². The second kappa shape index (κ2) is 4.24. The fourth-order valence-corrected chi connectivity index (χ4v) is 1.46. The van der Waals surface area contributed by atoms with Crippen LogP contribution in [0.4, 0.5) is 4.39 Å². The topological polar surface area (TPSA) is 25.8 Å². The molecule has 0 N–H and O–H groups in total. The molecule has 0 spiro atoms. The summed E-state index contributed by atoms with van der Waals surface area (Å²) in [6.07, 6.45) is 3.65. The Morgan fingerprint density at radius 2 is 1.47 bits per heavy atom. The Bertz CT molecular complexity index is 495. The van der Waals surface area contributed by atoms with Gasteiger partial charge in [-0.15, -0.1) is 0 Å². The second-order valence-corrected chi connectivity index (χ2v) is 5.05. The van der Waals surface area contributed by atoms with Gasteiger partial charge in [0.25, 0.3) is 0 Å². The van der Waals surface area contributed by atoms with Crippen LogP contribution in [0, 0.1) is 5.82 Å². The first-order valence-electron chi connectivity index (χ1n) is 5.55. The van der Waals surface area contributed by atoms with E-state index in [4.69, 9.17) is 0 Å². The minimum Gasteiger partial charge on any atom is -0.236 e. The molecule has 2 rings (SSSR count). The molecule has 0 radical (unpaired) electrons. The van der Waals surface area contributed by atoms with Crippen molar-refractivity contribution in [3.8, 4) is 11.4 Å². The minimum atomic E-state index is -0.250. The Balaban J connectivity index is 2.33. The molecule has 1 heterocycles. The van der Waals surface area contributed by atoms with Gasteiger partial charge in [0.1, 0.15) is 5.82 Å². The molecule has 17 heavy (non-hydrogen) atoms. The summed E-state index contributed by atoms with van der Waals surface area (Å²) < 4.78 is 12.8. The average molecular weight is 230 g/mol. The van der Waals surface area contributed by atoms with Crippen LogP contribution < -0.4 is 0 Å². The Hall–Kier alpha value is -1.77. The quantitative estimate of drug-likeness (QED) is 0.748. The van der Waals surface area contributed by atoms with Crippen molar-refractivity contribution in [1.29, 1.82) is 0 Å². The molecule has 2 nitrogen and oxygen atoms in total. The molecule has 2 aromatic rings. The first kappa shape index (κ1) is 11.7. The van der Waals surface area contributed by atoms with Crippen LogP contribution in [0.5, 0.6) is 0 Å². The van der Waals surface area contributed by atoms with E-state index >= 15 is 0 Å². The molecule has 3 heteroatoms. The van der Waals surface area contributed by atoms with E-state index in [1.165, 1.54) is 12.1 Å². The lowest BCUT2D eigenvalue weighted by molar-refractivity contribution is 0.584. The van der Waals surface area contributed by atoms with Crippen LogP contribution in [0.1, 0.15) is 26.3 Å². The smallest absolute Gasteiger partial charge is 0.159 e. The summed E-state index contributed by atoms with van der Waals surface area (Å²) in [7, 11) is 0. The van der Waals surface area contributed by atoms with E-state index in [0.29, 0.717) is 5.82 Å². The van der Waals surface area contributed by atoms with Crippen molar-refractivity contribution >= 4 is 0 Å². The third-order valence-electron chi connectivity index (χ3n) is 2.62. The summed E-state index contributed by atoms with van der Waals surface area (Å²) in [4.78, 5) is 8.62. The molecule has 1 aromatic heterocycles. The van der Waals surface area contributed by atoms with E-state index < -0.39 is 0 Å².